The van der Waals surface area contributed by atoms with E-state index in [0.717, 1.165) is 19.7 Å². The highest BCUT2D eigenvalue weighted by atomic mass is 32.2. The third kappa shape index (κ3) is 6.04. The average molecular weight is 701 g/mol. The van der Waals surface area contributed by atoms with Crippen molar-refractivity contribution in [3.8, 4) is 0 Å². The largest absolute Gasteiger partial charge is 0.366 e. The van der Waals surface area contributed by atoms with Crippen LogP contribution in [-0.2, 0) is 42.0 Å². The van der Waals surface area contributed by atoms with Gasteiger partial charge in [0.1, 0.15) is 11.1 Å². The second kappa shape index (κ2) is 12.6. The van der Waals surface area contributed by atoms with Gasteiger partial charge in [-0.15, -0.1) is 0 Å². The molecule has 12 heteroatoms. The quantitative estimate of drug-likeness (QED) is 0.254. The molecule has 3 aromatic carbocycles. The lowest BCUT2D eigenvalue weighted by atomic mass is 9.81. The van der Waals surface area contributed by atoms with Crippen LogP contribution in [0.5, 0.6) is 0 Å². The van der Waals surface area contributed by atoms with Crippen molar-refractivity contribution >= 4 is 20.0 Å². The summed E-state index contributed by atoms with van der Waals surface area (Å²) in [7, 11) is -8.48. The average Bonchev–Trinajstić information content (AvgIpc) is 3.68. The lowest BCUT2D eigenvalue weighted by Gasteiger charge is -2.42. The molecule has 0 aliphatic carbocycles. The zero-order chi connectivity index (χ0) is 35.5. The number of hydrogen-bond acceptors (Lipinski definition) is 8. The summed E-state index contributed by atoms with van der Waals surface area (Å²) in [5.74, 6) is 0. The third-order valence-corrected chi connectivity index (χ3v) is 14.0. The van der Waals surface area contributed by atoms with Gasteiger partial charge in [0, 0.05) is 13.1 Å². The van der Waals surface area contributed by atoms with Gasteiger partial charge in [0.15, 0.2) is 12.6 Å². The molecule has 5 rings (SSSR count). The Morgan fingerprint density at radius 2 is 0.917 bits per heavy atom. The Bertz CT molecular complexity index is 1710. The first kappa shape index (κ1) is 36.6. The van der Waals surface area contributed by atoms with Gasteiger partial charge in [0.05, 0.1) is 9.79 Å². The molecule has 48 heavy (non-hydrogen) atoms. The molecule has 10 nitrogen and oxygen atoms in total. The smallest absolute Gasteiger partial charge is 0.244 e. The Labute approximate surface area is 284 Å². The maximum absolute atomic E-state index is 14.2. The summed E-state index contributed by atoms with van der Waals surface area (Å²) < 4.78 is 58.9. The van der Waals surface area contributed by atoms with Crippen LogP contribution in [0.15, 0.2) is 82.6 Å². The highest BCUT2D eigenvalue weighted by Crippen LogP contribution is 2.49. The molecule has 4 N–H and O–H groups in total. The zero-order valence-corrected chi connectivity index (χ0v) is 30.1. The van der Waals surface area contributed by atoms with Crippen LogP contribution < -0.4 is 0 Å². The Balaban J connectivity index is 1.60. The van der Waals surface area contributed by atoms with Gasteiger partial charge in [0.25, 0.3) is 0 Å². The fourth-order valence-electron chi connectivity index (χ4n) is 7.26. The maximum atomic E-state index is 14.2. The van der Waals surface area contributed by atoms with Gasteiger partial charge in [-0.3, -0.25) is 0 Å². The number of rotatable bonds is 8. The van der Waals surface area contributed by atoms with Gasteiger partial charge >= 0.3 is 0 Å². The van der Waals surface area contributed by atoms with E-state index in [2.05, 4.69) is 0 Å². The van der Waals surface area contributed by atoms with E-state index in [1.165, 1.54) is 30.3 Å². The molecule has 2 aliphatic rings. The molecular formula is C36H48N2O8S2. The third-order valence-electron chi connectivity index (χ3n) is 10.1. The van der Waals surface area contributed by atoms with E-state index in [1.807, 2.05) is 41.5 Å². The highest BCUT2D eigenvalue weighted by Gasteiger charge is 2.56. The summed E-state index contributed by atoms with van der Waals surface area (Å²) in [6.07, 6.45) is -3.47. The molecule has 2 fully saturated rings. The van der Waals surface area contributed by atoms with Crippen molar-refractivity contribution in [2.45, 2.75) is 112 Å². The zero-order valence-electron chi connectivity index (χ0n) is 28.5. The Morgan fingerprint density at radius 3 is 1.21 bits per heavy atom. The van der Waals surface area contributed by atoms with E-state index in [4.69, 9.17) is 0 Å². The summed E-state index contributed by atoms with van der Waals surface area (Å²) in [4.78, 5) is 0.0118. The Hall–Kier alpha value is -2.68. The number of nitrogens with zero attached hydrogens (tertiary/aromatic N) is 2. The van der Waals surface area contributed by atoms with Crippen molar-refractivity contribution in [1.29, 1.82) is 0 Å². The number of aliphatic hydroxyl groups excluding tert-OH is 2. The topological polar surface area (TPSA) is 156 Å². The van der Waals surface area contributed by atoms with Crippen molar-refractivity contribution < 1.29 is 37.3 Å². The lowest BCUT2D eigenvalue weighted by Crippen LogP contribution is -2.54. The van der Waals surface area contributed by atoms with Crippen molar-refractivity contribution in [2.24, 2.45) is 0 Å². The molecule has 0 radical (unpaired) electrons. The summed E-state index contributed by atoms with van der Waals surface area (Å²) >= 11 is 0. The Morgan fingerprint density at radius 1 is 0.583 bits per heavy atom. The molecular weight excluding hydrogens is 653 g/mol. The summed E-state index contributed by atoms with van der Waals surface area (Å²) in [5.41, 5.74) is -1.73. The van der Waals surface area contributed by atoms with Crippen LogP contribution in [0.3, 0.4) is 0 Å². The molecule has 0 saturated carbocycles. The second-order valence-corrected chi connectivity index (χ2v) is 18.8. The maximum Gasteiger partial charge on any atom is 0.244 e. The van der Waals surface area contributed by atoms with Gasteiger partial charge in [-0.05, 0) is 83.0 Å². The van der Waals surface area contributed by atoms with Crippen molar-refractivity contribution in [3.63, 3.8) is 0 Å². The van der Waals surface area contributed by atoms with Gasteiger partial charge in [-0.1, -0.05) is 90.1 Å². The summed E-state index contributed by atoms with van der Waals surface area (Å²) in [6, 6.07) is 19.3. The SMILES string of the molecule is CC(C)(C)c1ccc(S(=O)(=O)N2CCCC2(c2cccc(C3(C(O)O)CCCN3S(=O)(=O)c3ccc(C(C)(C)C)cc3)c2)C(O)O)cc1. The van der Waals surface area contributed by atoms with E-state index in [-0.39, 0.29) is 57.7 Å². The monoisotopic (exact) mass is 700 g/mol. The second-order valence-electron chi connectivity index (χ2n) is 15.1. The van der Waals surface area contributed by atoms with E-state index >= 15 is 0 Å². The molecule has 0 bridgehead atoms. The number of benzene rings is 3. The van der Waals surface area contributed by atoms with Gasteiger partial charge in [-0.25, -0.2) is 16.8 Å². The van der Waals surface area contributed by atoms with Gasteiger partial charge < -0.3 is 20.4 Å². The molecule has 2 atom stereocenters. The number of sulfonamides is 2. The van der Waals surface area contributed by atoms with Crippen molar-refractivity contribution in [2.75, 3.05) is 13.1 Å². The summed E-state index contributed by atoms with van der Waals surface area (Å²) in [6.45, 7) is 12.2. The Kier molecular flexibility index (Phi) is 9.59. The normalized spacial score (nSPS) is 23.4. The molecule has 3 aromatic rings. The molecule has 262 valence electrons. The first-order valence-corrected chi connectivity index (χ1v) is 19.2. The first-order valence-electron chi connectivity index (χ1n) is 16.3. The van der Waals surface area contributed by atoms with E-state index < -0.39 is 43.7 Å². The minimum Gasteiger partial charge on any atom is -0.366 e. The van der Waals surface area contributed by atoms with Crippen LogP contribution >= 0.6 is 0 Å². The standard InChI is InChI=1S/C36H48N2O8S2/c1-33(2,3)25-12-16-29(17-13-25)47(43,44)37-22-8-20-35(37,31(39)40)27-10-7-11-28(24-27)36(32(41)42)21-9-23-38(36)48(45,46)30-18-14-26(15-19-30)34(4,5)6/h7,10-19,24,31-32,39-42H,8-9,20-23H2,1-6H3. The summed E-state index contributed by atoms with van der Waals surface area (Å²) in [5, 5.41) is 43.9. The van der Waals surface area contributed by atoms with E-state index in [0.29, 0.717) is 12.8 Å². The van der Waals surface area contributed by atoms with Gasteiger partial charge in [0.2, 0.25) is 20.0 Å². The van der Waals surface area contributed by atoms with Crippen molar-refractivity contribution in [1.82, 2.24) is 8.61 Å². The predicted molar refractivity (Wildman–Crippen MR) is 183 cm³/mol. The molecule has 0 spiro atoms. The van der Waals surface area contributed by atoms with Crippen LogP contribution in [0.2, 0.25) is 0 Å². The fourth-order valence-corrected chi connectivity index (χ4v) is 10.9. The van der Waals surface area contributed by atoms with E-state index in [1.54, 1.807) is 42.5 Å². The minimum atomic E-state index is -4.24. The van der Waals surface area contributed by atoms with Gasteiger partial charge in [-0.2, -0.15) is 8.61 Å². The minimum absolute atomic E-state index is 0.00590. The molecule has 2 heterocycles. The number of aliphatic hydroxyl groups is 4. The van der Waals surface area contributed by atoms with Crippen LogP contribution in [-0.4, -0.2) is 71.5 Å². The van der Waals surface area contributed by atoms with Crippen LogP contribution in [0.4, 0.5) is 0 Å². The number of hydrogen-bond donors (Lipinski definition) is 4. The van der Waals surface area contributed by atoms with Crippen LogP contribution in [0.1, 0.15) is 89.5 Å². The lowest BCUT2D eigenvalue weighted by molar-refractivity contribution is -0.130. The molecule has 0 amide bonds. The van der Waals surface area contributed by atoms with E-state index in [9.17, 15) is 37.3 Å². The molecule has 2 unspecified atom stereocenters. The first-order chi connectivity index (χ1) is 22.2. The highest BCUT2D eigenvalue weighted by molar-refractivity contribution is 7.89. The predicted octanol–water partition coefficient (Wildman–Crippen LogP) is 4.26. The molecule has 2 aliphatic heterocycles. The van der Waals surface area contributed by atoms with Crippen LogP contribution in [0, 0.1) is 0 Å². The van der Waals surface area contributed by atoms with Crippen LogP contribution in [0.25, 0.3) is 0 Å². The fraction of sp³-hybridized carbons (Fsp3) is 0.500. The molecule has 0 aromatic heterocycles. The van der Waals surface area contributed by atoms with Crippen molar-refractivity contribution in [3.05, 3.63) is 95.1 Å². The molecule has 2 saturated heterocycles.